The molecule has 2 aromatic rings. The fourth-order valence-electron chi connectivity index (χ4n) is 2.83. The van der Waals surface area contributed by atoms with Crippen molar-refractivity contribution in [1.82, 2.24) is 24.5 Å². The number of halogens is 1. The molecular formula is C18H30ClN5O3S. The Morgan fingerprint density at radius 2 is 2.00 bits per heavy atom. The Kier molecular flexibility index (Phi) is 8.87. The molecular weight excluding hydrogens is 402 g/mol. The van der Waals surface area contributed by atoms with Crippen molar-refractivity contribution in [2.45, 2.75) is 37.6 Å². The molecule has 8 nitrogen and oxygen atoms in total. The number of carbonyl (C=O) groups excluding carboxylic acids is 1. The summed E-state index contributed by atoms with van der Waals surface area (Å²) in [5.74, 6) is 0.724. The van der Waals surface area contributed by atoms with Crippen LogP contribution in [-0.2, 0) is 28.3 Å². The van der Waals surface area contributed by atoms with Crippen LogP contribution in [0.25, 0.3) is 11.0 Å². The quantitative estimate of drug-likeness (QED) is 0.623. The van der Waals surface area contributed by atoms with Crippen LogP contribution in [0.3, 0.4) is 0 Å². The molecule has 0 spiro atoms. The van der Waals surface area contributed by atoms with Crippen LogP contribution >= 0.6 is 12.4 Å². The summed E-state index contributed by atoms with van der Waals surface area (Å²) in [4.78, 5) is 16.8. The number of benzene rings is 1. The Morgan fingerprint density at radius 1 is 1.32 bits per heavy atom. The standard InChI is InChI=1S/C18H29N5O3S.ClH/c1-6-19-13(2)12-20-18(24)10-9-17-21-15-11-14(27(25,26)22(3)4)7-8-16(15)23(17)5;/h7-8,11,13,19H,6,9-10,12H2,1-5H3,(H,20,24);1H/t13-;/m1./s1. The Labute approximate surface area is 173 Å². The molecule has 0 aliphatic rings. The summed E-state index contributed by atoms with van der Waals surface area (Å²) in [5.41, 5.74) is 1.44. The number of likely N-dealkylation sites (N-methyl/N-ethyl adjacent to an activating group) is 1. The average Bonchev–Trinajstić information content (AvgIpc) is 2.93. The minimum Gasteiger partial charge on any atom is -0.355 e. The second-order valence-electron chi connectivity index (χ2n) is 6.79. The number of carbonyl (C=O) groups is 1. The van der Waals surface area contributed by atoms with E-state index < -0.39 is 10.0 Å². The lowest BCUT2D eigenvalue weighted by molar-refractivity contribution is -0.121. The van der Waals surface area contributed by atoms with Gasteiger partial charge in [-0.1, -0.05) is 6.92 Å². The maximum atomic E-state index is 12.3. The van der Waals surface area contributed by atoms with Gasteiger partial charge >= 0.3 is 0 Å². The molecule has 1 heterocycles. The van der Waals surface area contributed by atoms with E-state index in [1.54, 1.807) is 18.2 Å². The van der Waals surface area contributed by atoms with Crippen molar-refractivity contribution in [2.75, 3.05) is 27.2 Å². The van der Waals surface area contributed by atoms with E-state index in [4.69, 9.17) is 0 Å². The van der Waals surface area contributed by atoms with Gasteiger partial charge in [0.05, 0.1) is 15.9 Å². The van der Waals surface area contributed by atoms with E-state index in [1.165, 1.54) is 18.4 Å². The first-order valence-corrected chi connectivity index (χ1v) is 10.5. The molecule has 1 amide bonds. The molecule has 2 rings (SSSR count). The van der Waals surface area contributed by atoms with Crippen LogP contribution in [0.15, 0.2) is 23.1 Å². The van der Waals surface area contributed by atoms with Crippen molar-refractivity contribution in [2.24, 2.45) is 7.05 Å². The molecule has 0 radical (unpaired) electrons. The largest absolute Gasteiger partial charge is 0.355 e. The number of hydrogen-bond donors (Lipinski definition) is 2. The number of imidazole rings is 1. The van der Waals surface area contributed by atoms with E-state index in [0.29, 0.717) is 24.9 Å². The molecule has 1 aromatic carbocycles. The molecule has 2 N–H and O–H groups in total. The number of fused-ring (bicyclic) bond motifs is 1. The van der Waals surface area contributed by atoms with E-state index in [2.05, 4.69) is 15.6 Å². The summed E-state index contributed by atoms with van der Waals surface area (Å²) in [6.45, 7) is 5.50. The average molecular weight is 432 g/mol. The van der Waals surface area contributed by atoms with E-state index in [9.17, 15) is 13.2 Å². The number of nitrogens with zero attached hydrogens (tertiary/aromatic N) is 3. The highest BCUT2D eigenvalue weighted by molar-refractivity contribution is 7.89. The summed E-state index contributed by atoms with van der Waals surface area (Å²) >= 11 is 0. The third kappa shape index (κ3) is 5.66. The van der Waals surface area contributed by atoms with Crippen molar-refractivity contribution in [3.8, 4) is 0 Å². The van der Waals surface area contributed by atoms with Crippen molar-refractivity contribution in [3.63, 3.8) is 0 Å². The van der Waals surface area contributed by atoms with Crippen molar-refractivity contribution >= 4 is 39.4 Å². The normalized spacial score (nSPS) is 12.8. The molecule has 0 saturated heterocycles. The summed E-state index contributed by atoms with van der Waals surface area (Å²) in [6, 6.07) is 5.14. The smallest absolute Gasteiger partial charge is 0.242 e. The first-order chi connectivity index (χ1) is 12.7. The fraction of sp³-hybridized carbons (Fsp3) is 0.556. The molecule has 0 fully saturated rings. The van der Waals surface area contributed by atoms with Crippen LogP contribution in [-0.4, -0.2) is 61.4 Å². The highest BCUT2D eigenvalue weighted by atomic mass is 35.5. The van der Waals surface area contributed by atoms with Crippen LogP contribution in [0.4, 0.5) is 0 Å². The fourth-order valence-corrected chi connectivity index (χ4v) is 3.75. The Bertz CT molecular complexity index is 911. The van der Waals surface area contributed by atoms with E-state index >= 15 is 0 Å². The van der Waals surface area contributed by atoms with Gasteiger partial charge in [0.15, 0.2) is 0 Å². The monoisotopic (exact) mass is 431 g/mol. The Balaban J connectivity index is 0.00000392. The number of aryl methyl sites for hydroxylation is 2. The van der Waals surface area contributed by atoms with E-state index in [-0.39, 0.29) is 29.3 Å². The van der Waals surface area contributed by atoms with Crippen LogP contribution in [0.1, 0.15) is 26.1 Å². The van der Waals surface area contributed by atoms with Gasteiger partial charge in [-0.25, -0.2) is 17.7 Å². The second kappa shape index (κ2) is 10.2. The predicted octanol–water partition coefficient (Wildman–Crippen LogP) is 1.29. The number of amides is 1. The minimum atomic E-state index is -3.50. The number of sulfonamides is 1. The van der Waals surface area contributed by atoms with Gasteiger partial charge in [0.2, 0.25) is 15.9 Å². The zero-order valence-electron chi connectivity index (χ0n) is 17.0. The first kappa shape index (κ1) is 24.4. The van der Waals surface area contributed by atoms with Crippen LogP contribution < -0.4 is 10.6 Å². The molecule has 0 saturated carbocycles. The van der Waals surface area contributed by atoms with Crippen molar-refractivity contribution in [1.29, 1.82) is 0 Å². The highest BCUT2D eigenvalue weighted by Gasteiger charge is 2.19. The maximum absolute atomic E-state index is 12.3. The summed E-state index contributed by atoms with van der Waals surface area (Å²) in [7, 11) is 1.36. The van der Waals surface area contributed by atoms with Gasteiger partial charge in [-0.3, -0.25) is 4.79 Å². The SMILES string of the molecule is CCN[C@H](C)CNC(=O)CCc1nc2cc(S(=O)(=O)N(C)C)ccc2n1C.Cl. The number of aromatic nitrogens is 2. The van der Waals surface area contributed by atoms with Gasteiger partial charge in [-0.2, -0.15) is 0 Å². The summed E-state index contributed by atoms with van der Waals surface area (Å²) in [6.07, 6.45) is 0.821. The van der Waals surface area contributed by atoms with Crippen LogP contribution in [0, 0.1) is 0 Å². The molecule has 158 valence electrons. The molecule has 0 aliphatic carbocycles. The number of hydrogen-bond acceptors (Lipinski definition) is 5. The lowest BCUT2D eigenvalue weighted by Gasteiger charge is -2.13. The summed E-state index contributed by atoms with van der Waals surface area (Å²) < 4.78 is 27.7. The summed E-state index contributed by atoms with van der Waals surface area (Å²) in [5, 5.41) is 6.15. The molecule has 0 bridgehead atoms. The van der Waals surface area contributed by atoms with Crippen LogP contribution in [0.2, 0.25) is 0 Å². The van der Waals surface area contributed by atoms with Gasteiger partial charge in [-0.15, -0.1) is 12.4 Å². The molecule has 1 aromatic heterocycles. The topological polar surface area (TPSA) is 96.3 Å². The third-order valence-electron chi connectivity index (χ3n) is 4.46. The van der Waals surface area contributed by atoms with Gasteiger partial charge in [-0.05, 0) is 31.7 Å². The molecule has 0 unspecified atom stereocenters. The van der Waals surface area contributed by atoms with E-state index in [1.807, 2.05) is 25.5 Å². The van der Waals surface area contributed by atoms with Gasteiger partial charge in [0.1, 0.15) is 5.82 Å². The lowest BCUT2D eigenvalue weighted by Crippen LogP contribution is -2.38. The number of nitrogens with one attached hydrogen (secondary N) is 2. The van der Waals surface area contributed by atoms with E-state index in [0.717, 1.165) is 17.9 Å². The Hall–Kier alpha value is -1.68. The predicted molar refractivity (Wildman–Crippen MR) is 113 cm³/mol. The minimum absolute atomic E-state index is 0. The molecule has 0 aliphatic heterocycles. The third-order valence-corrected chi connectivity index (χ3v) is 6.27. The van der Waals surface area contributed by atoms with Gasteiger partial charge in [0, 0.05) is 46.6 Å². The highest BCUT2D eigenvalue weighted by Crippen LogP contribution is 2.21. The molecule has 28 heavy (non-hydrogen) atoms. The van der Waals surface area contributed by atoms with Crippen LogP contribution in [0.5, 0.6) is 0 Å². The maximum Gasteiger partial charge on any atom is 0.242 e. The second-order valence-corrected chi connectivity index (χ2v) is 8.94. The van der Waals surface area contributed by atoms with Gasteiger partial charge in [0.25, 0.3) is 0 Å². The first-order valence-electron chi connectivity index (χ1n) is 9.04. The molecule has 10 heteroatoms. The lowest BCUT2D eigenvalue weighted by atomic mass is 10.2. The number of rotatable bonds is 9. The Morgan fingerprint density at radius 3 is 2.61 bits per heavy atom. The van der Waals surface area contributed by atoms with Crippen molar-refractivity contribution < 1.29 is 13.2 Å². The zero-order chi connectivity index (χ0) is 20.2. The molecule has 1 atom stereocenters. The van der Waals surface area contributed by atoms with Gasteiger partial charge < -0.3 is 15.2 Å². The van der Waals surface area contributed by atoms with Crippen molar-refractivity contribution in [3.05, 3.63) is 24.0 Å². The zero-order valence-corrected chi connectivity index (χ0v) is 18.7.